The molecule has 0 fully saturated rings. The Labute approximate surface area is 213 Å². The van der Waals surface area contributed by atoms with Gasteiger partial charge in [0.25, 0.3) is 10.1 Å². The number of carboxylic acid groups (broad SMARTS) is 1. The van der Waals surface area contributed by atoms with E-state index in [9.17, 15) is 22.8 Å². The molecule has 1 aromatic rings. The summed E-state index contributed by atoms with van der Waals surface area (Å²) in [5.74, 6) is -2.70. The van der Waals surface area contributed by atoms with Crippen LogP contribution in [0.4, 0.5) is 0 Å². The zero-order valence-electron chi connectivity index (χ0n) is 20.9. The molecule has 0 radical (unpaired) electrons. The van der Waals surface area contributed by atoms with Gasteiger partial charge in [0.05, 0.1) is 23.5 Å². The summed E-state index contributed by atoms with van der Waals surface area (Å²) in [7, 11) is -4.21. The van der Waals surface area contributed by atoms with Gasteiger partial charge in [0.1, 0.15) is 0 Å². The molecule has 36 heavy (non-hydrogen) atoms. The molecule has 9 nitrogen and oxygen atoms in total. The smallest absolute Gasteiger partial charge is 0.337 e. The van der Waals surface area contributed by atoms with Crippen LogP contribution in [0, 0.1) is 0 Å². The van der Waals surface area contributed by atoms with Gasteiger partial charge in [0.2, 0.25) is 5.91 Å². The summed E-state index contributed by atoms with van der Waals surface area (Å²) in [6.07, 6.45) is 7.82. The van der Waals surface area contributed by atoms with Crippen LogP contribution in [0.2, 0.25) is 0 Å². The Morgan fingerprint density at radius 2 is 1.81 bits per heavy atom. The van der Waals surface area contributed by atoms with E-state index in [-0.39, 0.29) is 17.6 Å². The predicted octanol–water partition coefficient (Wildman–Crippen LogP) is 3.96. The van der Waals surface area contributed by atoms with Crippen molar-refractivity contribution in [3.8, 4) is 0 Å². The number of unbranched alkanes of at least 4 members (excludes halogenated alkanes) is 1. The zero-order chi connectivity index (χ0) is 27.8. The summed E-state index contributed by atoms with van der Waals surface area (Å²) in [5, 5.41) is 11.1. The van der Waals surface area contributed by atoms with Gasteiger partial charge in [-0.25, -0.2) is 9.59 Å². The van der Waals surface area contributed by atoms with Crippen molar-refractivity contribution in [1.29, 1.82) is 0 Å². The van der Waals surface area contributed by atoms with Gasteiger partial charge in [0, 0.05) is 5.57 Å². The zero-order valence-corrected chi connectivity index (χ0v) is 21.7. The monoisotopic (exact) mass is 521 g/mol. The molecule has 3 N–H and O–H groups in total. The average Bonchev–Trinajstić information content (AvgIpc) is 2.78. The Hall–Kier alpha value is -3.50. The van der Waals surface area contributed by atoms with Crippen molar-refractivity contribution in [1.82, 2.24) is 5.32 Å². The van der Waals surface area contributed by atoms with E-state index in [1.54, 1.807) is 13.0 Å². The van der Waals surface area contributed by atoms with Crippen molar-refractivity contribution < 1.29 is 37.2 Å². The van der Waals surface area contributed by atoms with Gasteiger partial charge in [-0.05, 0) is 44.4 Å². The van der Waals surface area contributed by atoms with Crippen LogP contribution < -0.4 is 5.32 Å². The van der Waals surface area contributed by atoms with Crippen LogP contribution in [0.1, 0.15) is 45.6 Å². The van der Waals surface area contributed by atoms with Crippen molar-refractivity contribution in [3.63, 3.8) is 0 Å². The van der Waals surface area contributed by atoms with Crippen molar-refractivity contribution >= 4 is 34.0 Å². The number of aliphatic carboxylic acids is 1. The number of ether oxygens (including phenoxy) is 1. The molecule has 0 saturated heterocycles. The first kappa shape index (κ1) is 32.5. The summed E-state index contributed by atoms with van der Waals surface area (Å²) >= 11 is 0. The lowest BCUT2D eigenvalue weighted by Crippen LogP contribution is -2.49. The third kappa shape index (κ3) is 15.4. The molecule has 0 heterocycles. The number of hydrogen-bond acceptors (Lipinski definition) is 6. The molecule has 10 heteroatoms. The van der Waals surface area contributed by atoms with Crippen LogP contribution in [0.5, 0.6) is 0 Å². The fraction of sp³-hybridized carbons (Fsp3) is 0.346. The molecule has 1 unspecified atom stereocenters. The number of carbonyl (C=O) groups excluding carboxylic acids is 2. The second kappa shape index (κ2) is 16.2. The van der Waals surface area contributed by atoms with Crippen molar-refractivity contribution in [3.05, 3.63) is 78.4 Å². The minimum Gasteiger partial charge on any atom is -0.478 e. The quantitative estimate of drug-likeness (QED) is 0.116. The number of rotatable bonds is 13. The summed E-state index contributed by atoms with van der Waals surface area (Å²) in [6, 6.07) is 9.47. The van der Waals surface area contributed by atoms with Crippen molar-refractivity contribution in [2.75, 3.05) is 12.4 Å². The Balaban J connectivity index is 0.000000723. The molecule has 0 spiro atoms. The number of benzene rings is 1. The predicted molar refractivity (Wildman–Crippen MR) is 140 cm³/mol. The summed E-state index contributed by atoms with van der Waals surface area (Å²) in [5.41, 5.74) is -0.0235. The van der Waals surface area contributed by atoms with Gasteiger partial charge in [-0.15, -0.1) is 0 Å². The van der Waals surface area contributed by atoms with E-state index in [1.165, 1.54) is 13.0 Å². The molecule has 1 rings (SSSR count). The topological polar surface area (TPSA) is 147 Å². The van der Waals surface area contributed by atoms with Gasteiger partial charge in [-0.2, -0.15) is 8.42 Å². The van der Waals surface area contributed by atoms with Gasteiger partial charge >= 0.3 is 11.9 Å². The average molecular weight is 522 g/mol. The number of esters is 1. The van der Waals surface area contributed by atoms with E-state index in [0.717, 1.165) is 24.5 Å². The van der Waals surface area contributed by atoms with E-state index in [0.29, 0.717) is 6.61 Å². The summed E-state index contributed by atoms with van der Waals surface area (Å²) < 4.78 is 36.1. The number of carbonyl (C=O) groups is 3. The second-order valence-electron chi connectivity index (χ2n) is 8.14. The lowest BCUT2D eigenvalue weighted by atomic mass is 9.99. The van der Waals surface area contributed by atoms with Crippen molar-refractivity contribution in [2.45, 2.75) is 45.6 Å². The lowest BCUT2D eigenvalue weighted by molar-refractivity contribution is -0.138. The molecule has 0 aliphatic rings. The Kier molecular flexibility index (Phi) is 14.6. The first-order chi connectivity index (χ1) is 16.7. The second-order valence-corrected chi connectivity index (χ2v) is 9.60. The maximum Gasteiger partial charge on any atom is 0.337 e. The van der Waals surface area contributed by atoms with Crippen molar-refractivity contribution in [2.24, 2.45) is 0 Å². The highest BCUT2D eigenvalue weighted by Crippen LogP contribution is 2.15. The lowest BCUT2D eigenvalue weighted by Gasteiger charge is -2.27. The SMILES string of the molecule is C=C(C=C(C)C(=O)O)C(=O)OCCCC.C=CC(=O)NC(C)(CC=Cc1ccccc1)CS(=O)(=O)O. The summed E-state index contributed by atoms with van der Waals surface area (Å²) in [4.78, 5) is 33.1. The molecular weight excluding hydrogens is 486 g/mol. The number of amides is 1. The molecular formula is C26H35NO8S. The molecule has 0 aliphatic heterocycles. The number of carboxylic acids is 1. The van der Waals surface area contributed by atoms with Crippen LogP contribution in [0.15, 0.2) is 72.9 Å². The largest absolute Gasteiger partial charge is 0.478 e. The highest BCUT2D eigenvalue weighted by Gasteiger charge is 2.30. The van der Waals surface area contributed by atoms with Crippen LogP contribution in [0.25, 0.3) is 6.08 Å². The minimum atomic E-state index is -4.21. The molecule has 1 amide bonds. The fourth-order valence-corrected chi connectivity index (χ4v) is 3.70. The Morgan fingerprint density at radius 1 is 1.19 bits per heavy atom. The van der Waals surface area contributed by atoms with Crippen LogP contribution in [-0.4, -0.2) is 53.8 Å². The first-order valence-corrected chi connectivity index (χ1v) is 12.7. The van der Waals surface area contributed by atoms with Gasteiger partial charge in [0.15, 0.2) is 0 Å². The van der Waals surface area contributed by atoms with Gasteiger partial charge in [-0.1, -0.05) is 69.0 Å². The third-order valence-corrected chi connectivity index (χ3v) is 5.51. The molecule has 1 atom stereocenters. The van der Waals surface area contributed by atoms with Crippen LogP contribution in [-0.2, 0) is 29.2 Å². The van der Waals surface area contributed by atoms with E-state index < -0.39 is 39.3 Å². The van der Waals surface area contributed by atoms with E-state index in [4.69, 9.17) is 14.4 Å². The standard InChI is InChI=1S/C15H19NO4S.C11H16O4/c1-3-14(17)16-15(2,12-21(18,19)20)11-7-10-13-8-5-4-6-9-13;1-4-5-6-15-11(14)9(3)7-8(2)10(12)13/h3-10H,1,11-12H2,2H3,(H,16,17)(H,18,19,20);7H,3-6H2,1-2H3,(H,12,13). The van der Waals surface area contributed by atoms with E-state index in [1.807, 2.05) is 43.3 Å². The molecule has 0 aromatic heterocycles. The fourth-order valence-electron chi connectivity index (χ4n) is 2.70. The molecule has 0 bridgehead atoms. The van der Waals surface area contributed by atoms with E-state index in [2.05, 4.69) is 18.5 Å². The van der Waals surface area contributed by atoms with Crippen LogP contribution in [0.3, 0.4) is 0 Å². The summed E-state index contributed by atoms with van der Waals surface area (Å²) in [6.45, 7) is 12.0. The molecule has 1 aromatic carbocycles. The minimum absolute atomic E-state index is 0.0611. The maximum atomic E-state index is 11.4. The van der Waals surface area contributed by atoms with Gasteiger partial charge in [-0.3, -0.25) is 9.35 Å². The highest BCUT2D eigenvalue weighted by atomic mass is 32.2. The Bertz CT molecular complexity index is 1070. The van der Waals surface area contributed by atoms with Crippen LogP contribution >= 0.6 is 0 Å². The number of nitrogens with one attached hydrogen (secondary N) is 1. The highest BCUT2D eigenvalue weighted by molar-refractivity contribution is 7.85. The van der Waals surface area contributed by atoms with E-state index >= 15 is 0 Å². The maximum absolute atomic E-state index is 11.4. The number of hydrogen-bond donors (Lipinski definition) is 3. The van der Waals surface area contributed by atoms with Gasteiger partial charge < -0.3 is 15.2 Å². The normalized spacial score (nSPS) is 13.1. The Morgan fingerprint density at radius 3 is 2.31 bits per heavy atom. The molecule has 198 valence electrons. The molecule has 0 aliphatic carbocycles. The molecule has 0 saturated carbocycles. The first-order valence-electron chi connectivity index (χ1n) is 11.1. The third-order valence-electron chi connectivity index (χ3n) is 4.51.